The van der Waals surface area contributed by atoms with E-state index >= 15 is 0 Å². The van der Waals surface area contributed by atoms with Crippen LogP contribution in [0, 0.1) is 23.2 Å². The minimum absolute atomic E-state index is 0.0279. The average Bonchev–Trinajstić information content (AvgIpc) is 2.76. The van der Waals surface area contributed by atoms with Crippen LogP contribution in [0.4, 0.5) is 26.3 Å². The van der Waals surface area contributed by atoms with Gasteiger partial charge in [0.25, 0.3) is 24.6 Å². The van der Waals surface area contributed by atoms with Crippen molar-refractivity contribution < 1.29 is 52.7 Å². The first kappa shape index (κ1) is 27.6. The van der Waals surface area contributed by atoms with Crippen LogP contribution in [0.25, 0.3) is 0 Å². The second kappa shape index (κ2) is 8.56. The SMILES string of the molecule is COC(=O)C(C)(C#N)S(=O)(=O)C(F)(F)C(F)(F)C(F)(F)S(=O)(=O)N1CCC2CCCCC2C1. The second-order valence-corrected chi connectivity index (χ2v) is 12.5. The number of piperidine rings is 1. The van der Waals surface area contributed by atoms with Crippen LogP contribution >= 0.6 is 0 Å². The molecule has 1 saturated heterocycles. The minimum Gasteiger partial charge on any atom is -0.467 e. The Morgan fingerprint density at radius 3 is 1.97 bits per heavy atom. The highest BCUT2D eigenvalue weighted by molar-refractivity contribution is 7.95. The molecule has 0 aromatic rings. The van der Waals surface area contributed by atoms with E-state index in [1.165, 1.54) is 0 Å². The summed E-state index contributed by atoms with van der Waals surface area (Å²) in [6.45, 7) is -1.28. The predicted molar refractivity (Wildman–Crippen MR) is 100 cm³/mol. The van der Waals surface area contributed by atoms with Gasteiger partial charge in [0.1, 0.15) is 0 Å². The van der Waals surface area contributed by atoms with Crippen molar-refractivity contribution in [3.8, 4) is 6.07 Å². The van der Waals surface area contributed by atoms with Gasteiger partial charge in [0.2, 0.25) is 0 Å². The number of esters is 1. The fourth-order valence-electron chi connectivity index (χ4n) is 4.11. The van der Waals surface area contributed by atoms with Crippen molar-refractivity contribution in [3.05, 3.63) is 0 Å². The molecule has 3 atom stereocenters. The number of hydrogen-bond acceptors (Lipinski definition) is 7. The predicted octanol–water partition coefficient (Wildman–Crippen LogP) is 2.52. The molecule has 1 aliphatic carbocycles. The van der Waals surface area contributed by atoms with E-state index in [9.17, 15) is 48.0 Å². The van der Waals surface area contributed by atoms with E-state index in [4.69, 9.17) is 5.26 Å². The third kappa shape index (κ3) is 3.79. The zero-order valence-electron chi connectivity index (χ0n) is 17.5. The first-order valence-electron chi connectivity index (χ1n) is 9.73. The lowest BCUT2D eigenvalue weighted by Crippen LogP contribution is -2.67. The molecule has 0 bridgehead atoms. The smallest absolute Gasteiger partial charge is 0.428 e. The minimum atomic E-state index is -7.09. The topological polar surface area (TPSA) is 122 Å². The van der Waals surface area contributed by atoms with Crippen LogP contribution in [0.5, 0.6) is 0 Å². The molecule has 1 saturated carbocycles. The summed E-state index contributed by atoms with van der Waals surface area (Å²) >= 11 is 0. The molecule has 2 fully saturated rings. The summed E-state index contributed by atoms with van der Waals surface area (Å²) in [6, 6.07) is 0.552. The molecule has 0 N–H and O–H groups in total. The van der Waals surface area contributed by atoms with Gasteiger partial charge in [0.05, 0.1) is 13.2 Å². The fraction of sp³-hybridized carbons (Fsp3) is 0.882. The molecular weight excluding hydrogens is 506 g/mol. The Kier molecular flexibility index (Phi) is 7.17. The van der Waals surface area contributed by atoms with Crippen molar-refractivity contribution in [2.24, 2.45) is 11.8 Å². The lowest BCUT2D eigenvalue weighted by molar-refractivity contribution is -0.245. The third-order valence-corrected chi connectivity index (χ3v) is 10.5. The fourth-order valence-corrected chi connectivity index (χ4v) is 7.09. The number of nitriles is 1. The highest BCUT2D eigenvalue weighted by atomic mass is 32.2. The van der Waals surface area contributed by atoms with Gasteiger partial charge < -0.3 is 4.74 Å². The first-order chi connectivity index (χ1) is 14.9. The van der Waals surface area contributed by atoms with Crippen LogP contribution in [0.3, 0.4) is 0 Å². The molecule has 0 amide bonds. The van der Waals surface area contributed by atoms with Gasteiger partial charge >= 0.3 is 22.4 Å². The molecule has 0 spiro atoms. The highest BCUT2D eigenvalue weighted by Gasteiger charge is 2.85. The Morgan fingerprint density at radius 2 is 1.48 bits per heavy atom. The number of carbonyl (C=O) groups excluding carboxylic acids is 1. The summed E-state index contributed by atoms with van der Waals surface area (Å²) in [5.74, 6) is -9.76. The number of nitrogens with zero attached hydrogens (tertiary/aromatic N) is 2. The number of rotatable bonds is 7. The number of hydrogen-bond donors (Lipinski definition) is 0. The van der Waals surface area contributed by atoms with Crippen molar-refractivity contribution in [2.45, 2.75) is 60.2 Å². The summed E-state index contributed by atoms with van der Waals surface area (Å²) in [6.07, 6.45) is 2.64. The molecular formula is C17H22F6N2O6S2. The molecule has 2 aliphatic rings. The molecule has 33 heavy (non-hydrogen) atoms. The van der Waals surface area contributed by atoms with Crippen LogP contribution in [-0.2, 0) is 29.4 Å². The average molecular weight is 528 g/mol. The van der Waals surface area contributed by atoms with Crippen molar-refractivity contribution in [2.75, 3.05) is 20.2 Å². The molecule has 1 aliphatic heterocycles. The Hall–Kier alpha value is -1.60. The Balaban J connectivity index is 2.51. The number of alkyl halides is 6. The number of ether oxygens (including phenoxy) is 1. The maximum Gasteiger partial charge on any atom is 0.428 e. The summed E-state index contributed by atoms with van der Waals surface area (Å²) in [4.78, 5) is 11.6. The van der Waals surface area contributed by atoms with Gasteiger partial charge in [-0.2, -0.15) is 35.9 Å². The first-order valence-corrected chi connectivity index (χ1v) is 12.7. The zero-order chi connectivity index (χ0) is 25.7. The summed E-state index contributed by atoms with van der Waals surface area (Å²) in [5.41, 5.74) is 0. The lowest BCUT2D eigenvalue weighted by Gasteiger charge is -2.42. The Morgan fingerprint density at radius 1 is 0.970 bits per heavy atom. The van der Waals surface area contributed by atoms with Crippen LogP contribution in [0.1, 0.15) is 39.0 Å². The van der Waals surface area contributed by atoms with Crippen molar-refractivity contribution in [3.63, 3.8) is 0 Å². The normalized spacial score (nSPS) is 25.4. The zero-order valence-corrected chi connectivity index (χ0v) is 19.2. The third-order valence-electron chi connectivity index (χ3n) is 6.31. The summed E-state index contributed by atoms with van der Waals surface area (Å²) in [5, 5.41) is -4.54. The highest BCUT2D eigenvalue weighted by Crippen LogP contribution is 2.54. The number of sulfone groups is 1. The number of sulfonamides is 1. The van der Waals surface area contributed by atoms with E-state index in [0.717, 1.165) is 6.42 Å². The molecule has 3 unspecified atom stereocenters. The molecule has 190 valence electrons. The van der Waals surface area contributed by atoms with Gasteiger partial charge in [-0.15, -0.1) is 0 Å². The largest absolute Gasteiger partial charge is 0.467 e. The monoisotopic (exact) mass is 528 g/mol. The maximum atomic E-state index is 14.7. The molecule has 0 aromatic heterocycles. The van der Waals surface area contributed by atoms with E-state index in [2.05, 4.69) is 4.74 Å². The van der Waals surface area contributed by atoms with Gasteiger partial charge in [-0.1, -0.05) is 19.3 Å². The van der Waals surface area contributed by atoms with E-state index in [1.54, 1.807) is 0 Å². The second-order valence-electron chi connectivity index (χ2n) is 8.20. The molecule has 2 rings (SSSR count). The van der Waals surface area contributed by atoms with E-state index < -0.39 is 66.0 Å². The van der Waals surface area contributed by atoms with Crippen LogP contribution < -0.4 is 0 Å². The van der Waals surface area contributed by atoms with E-state index in [-0.39, 0.29) is 23.6 Å². The van der Waals surface area contributed by atoms with Gasteiger partial charge in [0, 0.05) is 13.1 Å². The lowest BCUT2D eigenvalue weighted by atomic mass is 9.76. The van der Waals surface area contributed by atoms with E-state index in [1.807, 2.05) is 0 Å². The van der Waals surface area contributed by atoms with Gasteiger partial charge in [-0.25, -0.2) is 21.6 Å². The van der Waals surface area contributed by atoms with Gasteiger partial charge in [-0.3, -0.25) is 0 Å². The molecule has 1 heterocycles. The molecule has 0 aromatic carbocycles. The quantitative estimate of drug-likeness (QED) is 0.368. The van der Waals surface area contributed by atoms with Crippen LogP contribution in [-0.4, -0.2) is 68.5 Å². The number of fused-ring (bicyclic) bond motifs is 1. The molecule has 0 radical (unpaired) electrons. The summed E-state index contributed by atoms with van der Waals surface area (Å²) < 4.78 is 137. The maximum absolute atomic E-state index is 14.7. The standard InChI is InChI=1S/C17H22F6N2O6S2/c1-14(10-24,13(26)31-2)32(27,28)16(20,21)15(18,19)17(22,23)33(29,30)25-8-7-11-5-3-4-6-12(11)9-25/h11-12H,3-9H2,1-2H3. The van der Waals surface area contributed by atoms with Gasteiger partial charge in [0.15, 0.2) is 0 Å². The number of carbonyl (C=O) groups is 1. The van der Waals surface area contributed by atoms with Crippen molar-refractivity contribution >= 4 is 25.8 Å². The van der Waals surface area contributed by atoms with Crippen LogP contribution in [0.15, 0.2) is 0 Å². The van der Waals surface area contributed by atoms with Gasteiger partial charge in [-0.05, 0) is 31.6 Å². The summed E-state index contributed by atoms with van der Waals surface area (Å²) in [7, 11) is -13.1. The van der Waals surface area contributed by atoms with Crippen molar-refractivity contribution in [1.29, 1.82) is 5.26 Å². The van der Waals surface area contributed by atoms with Crippen molar-refractivity contribution in [1.82, 2.24) is 4.31 Å². The molecule has 16 heteroatoms. The van der Waals surface area contributed by atoms with Crippen LogP contribution in [0.2, 0.25) is 0 Å². The number of halogens is 6. The Bertz CT molecular complexity index is 1040. The van der Waals surface area contributed by atoms with E-state index in [0.29, 0.717) is 32.4 Å². The molecule has 8 nitrogen and oxygen atoms in total. The Labute approximate surface area is 186 Å². The number of methoxy groups -OCH3 is 1.